The minimum atomic E-state index is -0.760. The van der Waals surface area contributed by atoms with Crippen LogP contribution in [0.4, 0.5) is 0 Å². The smallest absolute Gasteiger partial charge is 0.295 e. The SMILES string of the molecule is CCOc1ccc(C2/C(=C(\O)c3ccc(C)cc3)C(=O)C(=O)N2CCc2ccccc2)cc1OC. The van der Waals surface area contributed by atoms with Gasteiger partial charge in [-0.1, -0.05) is 66.2 Å². The molecule has 0 radical (unpaired) electrons. The molecular weight excluding hydrogens is 442 g/mol. The molecule has 0 saturated carbocycles. The lowest BCUT2D eigenvalue weighted by atomic mass is 9.94. The van der Waals surface area contributed by atoms with Crippen molar-refractivity contribution in [2.24, 2.45) is 0 Å². The zero-order valence-corrected chi connectivity index (χ0v) is 20.2. The van der Waals surface area contributed by atoms with Gasteiger partial charge in [-0.2, -0.15) is 0 Å². The third kappa shape index (κ3) is 4.92. The topological polar surface area (TPSA) is 76.1 Å². The number of methoxy groups -OCH3 is 1. The molecule has 1 N–H and O–H groups in total. The van der Waals surface area contributed by atoms with Crippen molar-refractivity contribution < 1.29 is 24.2 Å². The summed E-state index contributed by atoms with van der Waals surface area (Å²) in [6, 6.07) is 21.6. The van der Waals surface area contributed by atoms with Crippen LogP contribution in [0.2, 0.25) is 0 Å². The lowest BCUT2D eigenvalue weighted by molar-refractivity contribution is -0.139. The van der Waals surface area contributed by atoms with Crippen LogP contribution in [0.5, 0.6) is 11.5 Å². The highest BCUT2D eigenvalue weighted by molar-refractivity contribution is 6.46. The number of likely N-dealkylation sites (tertiary alicyclic amines) is 1. The van der Waals surface area contributed by atoms with Gasteiger partial charge in [0.05, 0.1) is 25.3 Å². The molecule has 3 aromatic rings. The van der Waals surface area contributed by atoms with E-state index in [9.17, 15) is 14.7 Å². The molecule has 1 aliphatic rings. The number of hydrogen-bond donors (Lipinski definition) is 1. The quantitative estimate of drug-likeness (QED) is 0.282. The molecule has 4 rings (SSSR count). The molecule has 0 bridgehead atoms. The van der Waals surface area contributed by atoms with E-state index in [2.05, 4.69) is 0 Å². The van der Waals surface area contributed by atoms with E-state index in [1.807, 2.05) is 62.4 Å². The molecular formula is C29H29NO5. The number of carbonyl (C=O) groups is 2. The minimum Gasteiger partial charge on any atom is -0.507 e. The second-order valence-corrected chi connectivity index (χ2v) is 8.44. The Kier molecular flexibility index (Phi) is 7.20. The summed E-state index contributed by atoms with van der Waals surface area (Å²) >= 11 is 0. The number of carbonyl (C=O) groups excluding carboxylic acids is 2. The number of ether oxygens (including phenoxy) is 2. The number of hydrogen-bond acceptors (Lipinski definition) is 5. The Hall–Kier alpha value is -4.06. The maximum Gasteiger partial charge on any atom is 0.295 e. The van der Waals surface area contributed by atoms with Crippen LogP contribution in [0.3, 0.4) is 0 Å². The van der Waals surface area contributed by atoms with Crippen LogP contribution in [0.25, 0.3) is 5.76 Å². The molecule has 0 spiro atoms. The molecule has 35 heavy (non-hydrogen) atoms. The molecule has 6 nitrogen and oxygen atoms in total. The average Bonchev–Trinajstić information content (AvgIpc) is 3.13. The van der Waals surface area contributed by atoms with Crippen molar-refractivity contribution in [3.05, 3.63) is 101 Å². The van der Waals surface area contributed by atoms with Gasteiger partial charge < -0.3 is 19.5 Å². The van der Waals surface area contributed by atoms with Crippen molar-refractivity contribution in [3.8, 4) is 11.5 Å². The summed E-state index contributed by atoms with van der Waals surface area (Å²) in [6.07, 6.45) is 0.573. The number of aryl methyl sites for hydroxylation is 1. The zero-order valence-electron chi connectivity index (χ0n) is 20.2. The normalized spacial score (nSPS) is 17.0. The van der Waals surface area contributed by atoms with Crippen LogP contribution >= 0.6 is 0 Å². The Bertz CT molecular complexity index is 1250. The number of amides is 1. The fourth-order valence-electron chi connectivity index (χ4n) is 4.35. The molecule has 1 saturated heterocycles. The van der Waals surface area contributed by atoms with E-state index in [-0.39, 0.29) is 11.3 Å². The fourth-order valence-corrected chi connectivity index (χ4v) is 4.35. The maximum atomic E-state index is 13.3. The molecule has 1 unspecified atom stereocenters. The standard InChI is InChI=1S/C29H29NO5/c1-4-35-23-15-14-22(18-24(23)34-3)26-25(27(31)21-12-10-19(2)11-13-21)28(32)29(33)30(26)17-16-20-8-6-5-7-9-20/h5-15,18,26,31H,4,16-17H2,1-3H3/b27-25+. The van der Waals surface area contributed by atoms with E-state index in [4.69, 9.17) is 9.47 Å². The molecule has 1 heterocycles. The molecule has 180 valence electrons. The molecule has 0 aromatic heterocycles. The van der Waals surface area contributed by atoms with E-state index in [1.165, 1.54) is 4.90 Å². The highest BCUT2D eigenvalue weighted by Crippen LogP contribution is 2.42. The van der Waals surface area contributed by atoms with Gasteiger partial charge in [0.2, 0.25) is 0 Å². The third-order valence-corrected chi connectivity index (χ3v) is 6.15. The Balaban J connectivity index is 1.81. The lowest BCUT2D eigenvalue weighted by Gasteiger charge is -2.26. The van der Waals surface area contributed by atoms with Crippen LogP contribution in [0, 0.1) is 6.92 Å². The first kappa shape index (κ1) is 24.1. The summed E-state index contributed by atoms with van der Waals surface area (Å²) in [5.74, 6) is -0.461. The van der Waals surface area contributed by atoms with Crippen LogP contribution < -0.4 is 9.47 Å². The Morgan fingerprint density at radius 2 is 1.69 bits per heavy atom. The fraction of sp³-hybridized carbons (Fsp3) is 0.241. The van der Waals surface area contributed by atoms with E-state index < -0.39 is 17.7 Å². The maximum absolute atomic E-state index is 13.3. The number of rotatable bonds is 8. The van der Waals surface area contributed by atoms with Crippen molar-refractivity contribution in [2.75, 3.05) is 20.3 Å². The second-order valence-electron chi connectivity index (χ2n) is 8.44. The first-order chi connectivity index (χ1) is 16.9. The number of ketones is 1. The van der Waals surface area contributed by atoms with Gasteiger partial charge in [-0.3, -0.25) is 9.59 Å². The van der Waals surface area contributed by atoms with Gasteiger partial charge in [0.25, 0.3) is 11.7 Å². The monoisotopic (exact) mass is 471 g/mol. The predicted octanol–water partition coefficient (Wildman–Crippen LogP) is 5.07. The highest BCUT2D eigenvalue weighted by atomic mass is 16.5. The lowest BCUT2D eigenvalue weighted by Crippen LogP contribution is -2.31. The van der Waals surface area contributed by atoms with Crippen molar-refractivity contribution in [3.63, 3.8) is 0 Å². The van der Waals surface area contributed by atoms with Crippen LogP contribution in [-0.4, -0.2) is 42.0 Å². The van der Waals surface area contributed by atoms with Crippen LogP contribution in [0.1, 0.15) is 35.2 Å². The van der Waals surface area contributed by atoms with Gasteiger partial charge in [0.15, 0.2) is 11.5 Å². The number of benzene rings is 3. The molecule has 6 heteroatoms. The van der Waals surface area contributed by atoms with Crippen molar-refractivity contribution >= 4 is 17.4 Å². The molecule has 0 aliphatic carbocycles. The molecule has 1 fully saturated rings. The van der Waals surface area contributed by atoms with Gasteiger partial charge in [0.1, 0.15) is 5.76 Å². The zero-order chi connectivity index (χ0) is 24.9. The third-order valence-electron chi connectivity index (χ3n) is 6.15. The van der Waals surface area contributed by atoms with E-state index >= 15 is 0 Å². The Morgan fingerprint density at radius 3 is 2.34 bits per heavy atom. The minimum absolute atomic E-state index is 0.0677. The number of nitrogens with zero attached hydrogens (tertiary/aromatic N) is 1. The van der Waals surface area contributed by atoms with Crippen LogP contribution in [-0.2, 0) is 16.0 Å². The number of Topliss-reactive ketones (excluding diaryl/α,β-unsaturated/α-hetero) is 1. The molecule has 1 aliphatic heterocycles. The Morgan fingerprint density at radius 1 is 0.971 bits per heavy atom. The highest BCUT2D eigenvalue weighted by Gasteiger charge is 2.46. The van der Waals surface area contributed by atoms with Gasteiger partial charge in [0, 0.05) is 12.1 Å². The molecule has 3 aromatic carbocycles. The Labute approximate surface area is 205 Å². The summed E-state index contributed by atoms with van der Waals surface area (Å²) in [6.45, 7) is 4.62. The van der Waals surface area contributed by atoms with E-state index in [0.29, 0.717) is 42.2 Å². The van der Waals surface area contributed by atoms with Crippen molar-refractivity contribution in [2.45, 2.75) is 26.3 Å². The van der Waals surface area contributed by atoms with Gasteiger partial charge in [-0.25, -0.2) is 0 Å². The summed E-state index contributed by atoms with van der Waals surface area (Å²) in [4.78, 5) is 28.0. The molecule has 1 atom stereocenters. The summed E-state index contributed by atoms with van der Waals surface area (Å²) < 4.78 is 11.2. The summed E-state index contributed by atoms with van der Waals surface area (Å²) in [7, 11) is 1.54. The van der Waals surface area contributed by atoms with E-state index in [1.54, 1.807) is 31.4 Å². The van der Waals surface area contributed by atoms with Gasteiger partial charge in [-0.05, 0) is 43.5 Å². The van der Waals surface area contributed by atoms with Gasteiger partial charge >= 0.3 is 0 Å². The molecule has 1 amide bonds. The first-order valence-electron chi connectivity index (χ1n) is 11.6. The largest absolute Gasteiger partial charge is 0.507 e. The van der Waals surface area contributed by atoms with Crippen LogP contribution in [0.15, 0.2) is 78.4 Å². The number of aliphatic hydroxyl groups is 1. The van der Waals surface area contributed by atoms with Gasteiger partial charge in [-0.15, -0.1) is 0 Å². The predicted molar refractivity (Wildman–Crippen MR) is 134 cm³/mol. The average molecular weight is 472 g/mol. The summed E-state index contributed by atoms with van der Waals surface area (Å²) in [5, 5.41) is 11.2. The van der Waals surface area contributed by atoms with Crippen molar-refractivity contribution in [1.82, 2.24) is 4.90 Å². The summed E-state index contributed by atoms with van der Waals surface area (Å²) in [5.41, 5.74) is 3.29. The first-order valence-corrected chi connectivity index (χ1v) is 11.6. The van der Waals surface area contributed by atoms with E-state index in [0.717, 1.165) is 11.1 Å². The second kappa shape index (κ2) is 10.5. The van der Waals surface area contributed by atoms with Crippen molar-refractivity contribution in [1.29, 1.82) is 0 Å². The number of aliphatic hydroxyl groups excluding tert-OH is 1.